The van der Waals surface area contributed by atoms with Gasteiger partial charge in [0.05, 0.1) is 6.10 Å². The second kappa shape index (κ2) is 6.05. The third kappa shape index (κ3) is 3.64. The van der Waals surface area contributed by atoms with Crippen molar-refractivity contribution in [3.8, 4) is 0 Å². The lowest BCUT2D eigenvalue weighted by Crippen LogP contribution is -2.21. The number of benzene rings is 1. The summed E-state index contributed by atoms with van der Waals surface area (Å²) in [5.74, 6) is 0.431. The third-order valence-electron chi connectivity index (χ3n) is 3.32. The fourth-order valence-electron chi connectivity index (χ4n) is 2.43. The molecule has 0 radical (unpaired) electrons. The van der Waals surface area contributed by atoms with Gasteiger partial charge in [0.15, 0.2) is 0 Å². The molecule has 0 bridgehead atoms. The zero-order valence-corrected chi connectivity index (χ0v) is 11.0. The van der Waals surface area contributed by atoms with Crippen LogP contribution in [-0.2, 0) is 6.42 Å². The Kier molecular flexibility index (Phi) is 5.01. The van der Waals surface area contributed by atoms with Gasteiger partial charge in [-0.1, -0.05) is 56.0 Å². The van der Waals surface area contributed by atoms with Gasteiger partial charge in [-0.3, -0.25) is 0 Å². The quantitative estimate of drug-likeness (QED) is 0.803. The molecular formula is C15H24O. The molecule has 1 atom stereocenters. The number of aliphatic hydroxyl groups excluding tert-OH is 1. The lowest BCUT2D eigenvalue weighted by atomic mass is 9.91. The first-order chi connectivity index (χ1) is 7.56. The molecule has 0 amide bonds. The van der Waals surface area contributed by atoms with Gasteiger partial charge in [-0.25, -0.2) is 0 Å². The maximum Gasteiger partial charge on any atom is 0.0608 e. The van der Waals surface area contributed by atoms with E-state index in [1.807, 2.05) is 0 Å². The number of aliphatic hydroxyl groups is 1. The van der Waals surface area contributed by atoms with Gasteiger partial charge in [0.2, 0.25) is 0 Å². The molecule has 1 rings (SSSR count). The molecule has 0 saturated carbocycles. The van der Waals surface area contributed by atoms with Crippen molar-refractivity contribution in [2.45, 2.75) is 53.1 Å². The van der Waals surface area contributed by atoms with Gasteiger partial charge in [0.1, 0.15) is 0 Å². The van der Waals surface area contributed by atoms with E-state index in [4.69, 9.17) is 0 Å². The van der Waals surface area contributed by atoms with Gasteiger partial charge in [-0.05, 0) is 31.7 Å². The van der Waals surface area contributed by atoms with E-state index in [9.17, 15) is 5.11 Å². The maximum atomic E-state index is 10.1. The van der Waals surface area contributed by atoms with Crippen molar-refractivity contribution in [3.05, 3.63) is 34.9 Å². The van der Waals surface area contributed by atoms with Crippen LogP contribution in [0.1, 0.15) is 43.4 Å². The average Bonchev–Trinajstić information content (AvgIpc) is 2.17. The Morgan fingerprint density at radius 1 is 1.00 bits per heavy atom. The average molecular weight is 220 g/mol. The Hall–Kier alpha value is -0.820. The first-order valence-electron chi connectivity index (χ1n) is 6.32. The predicted molar refractivity (Wildman–Crippen MR) is 69.7 cm³/mol. The molecule has 0 aliphatic carbocycles. The summed E-state index contributed by atoms with van der Waals surface area (Å²) in [7, 11) is 0. The molecule has 1 N–H and O–H groups in total. The highest BCUT2D eigenvalue weighted by molar-refractivity contribution is 5.28. The van der Waals surface area contributed by atoms with Crippen molar-refractivity contribution in [3.63, 3.8) is 0 Å². The summed E-state index contributed by atoms with van der Waals surface area (Å²) in [6, 6.07) is 6.53. The Morgan fingerprint density at radius 2 is 1.50 bits per heavy atom. The molecule has 0 aliphatic heterocycles. The molecule has 1 heteroatoms. The molecule has 1 aromatic carbocycles. The molecule has 0 fully saturated rings. The fraction of sp³-hybridized carbons (Fsp3) is 0.600. The van der Waals surface area contributed by atoms with Gasteiger partial charge >= 0.3 is 0 Å². The summed E-state index contributed by atoms with van der Waals surface area (Å²) in [5, 5.41) is 10.1. The molecule has 0 spiro atoms. The third-order valence-corrected chi connectivity index (χ3v) is 3.32. The van der Waals surface area contributed by atoms with Gasteiger partial charge in [0.25, 0.3) is 0 Å². The van der Waals surface area contributed by atoms with Crippen molar-refractivity contribution in [2.24, 2.45) is 5.92 Å². The Labute approximate surface area is 99.5 Å². The monoisotopic (exact) mass is 220 g/mol. The first kappa shape index (κ1) is 13.2. The van der Waals surface area contributed by atoms with E-state index in [1.54, 1.807) is 0 Å². The normalized spacial score (nSPS) is 13.1. The van der Waals surface area contributed by atoms with Crippen molar-refractivity contribution >= 4 is 0 Å². The highest BCUT2D eigenvalue weighted by atomic mass is 16.3. The second-order valence-corrected chi connectivity index (χ2v) is 4.84. The zero-order chi connectivity index (χ0) is 12.1. The highest BCUT2D eigenvalue weighted by Gasteiger charge is 2.15. The topological polar surface area (TPSA) is 20.2 Å². The van der Waals surface area contributed by atoms with Crippen LogP contribution in [0, 0.1) is 19.8 Å². The van der Waals surface area contributed by atoms with Gasteiger partial charge in [-0.2, -0.15) is 0 Å². The molecule has 0 saturated heterocycles. The van der Waals surface area contributed by atoms with E-state index < -0.39 is 0 Å². The lowest BCUT2D eigenvalue weighted by molar-refractivity contribution is 0.103. The van der Waals surface area contributed by atoms with Crippen LogP contribution < -0.4 is 0 Å². The molecule has 1 nitrogen and oxygen atoms in total. The smallest absolute Gasteiger partial charge is 0.0608 e. The fourth-order valence-corrected chi connectivity index (χ4v) is 2.43. The summed E-state index contributed by atoms with van der Waals surface area (Å²) in [5.41, 5.74) is 3.83. The van der Waals surface area contributed by atoms with Gasteiger partial charge < -0.3 is 5.11 Å². The summed E-state index contributed by atoms with van der Waals surface area (Å²) in [6.07, 6.45) is 2.70. The summed E-state index contributed by atoms with van der Waals surface area (Å²) in [6.45, 7) is 8.53. The van der Waals surface area contributed by atoms with Crippen LogP contribution in [0.15, 0.2) is 18.2 Å². The van der Waals surface area contributed by atoms with Crippen molar-refractivity contribution in [1.82, 2.24) is 0 Å². The van der Waals surface area contributed by atoms with Crippen molar-refractivity contribution < 1.29 is 5.11 Å². The Morgan fingerprint density at radius 3 is 1.94 bits per heavy atom. The van der Waals surface area contributed by atoms with Crippen LogP contribution in [0.5, 0.6) is 0 Å². The summed E-state index contributed by atoms with van der Waals surface area (Å²) in [4.78, 5) is 0. The lowest BCUT2D eigenvalue weighted by Gasteiger charge is -2.20. The van der Waals surface area contributed by atoms with Crippen LogP contribution >= 0.6 is 0 Å². The molecular weight excluding hydrogens is 196 g/mol. The van der Waals surface area contributed by atoms with Gasteiger partial charge in [0, 0.05) is 0 Å². The number of hydrogen-bond acceptors (Lipinski definition) is 1. The highest BCUT2D eigenvalue weighted by Crippen LogP contribution is 2.18. The largest absolute Gasteiger partial charge is 0.392 e. The van der Waals surface area contributed by atoms with Crippen molar-refractivity contribution in [1.29, 1.82) is 0 Å². The molecule has 90 valence electrons. The van der Waals surface area contributed by atoms with Crippen LogP contribution in [-0.4, -0.2) is 11.2 Å². The van der Waals surface area contributed by atoms with E-state index in [1.165, 1.54) is 16.7 Å². The molecule has 0 aromatic heterocycles. The first-order valence-corrected chi connectivity index (χ1v) is 6.32. The van der Waals surface area contributed by atoms with E-state index in [0.717, 1.165) is 19.3 Å². The predicted octanol–water partition coefficient (Wildman–Crippen LogP) is 3.64. The van der Waals surface area contributed by atoms with E-state index in [0.29, 0.717) is 5.92 Å². The molecule has 16 heavy (non-hydrogen) atoms. The molecule has 0 aliphatic rings. The number of rotatable bonds is 5. The molecule has 1 unspecified atom stereocenters. The number of hydrogen-bond donors (Lipinski definition) is 1. The van der Waals surface area contributed by atoms with Crippen LogP contribution in [0.25, 0.3) is 0 Å². The van der Waals surface area contributed by atoms with E-state index in [-0.39, 0.29) is 6.10 Å². The zero-order valence-electron chi connectivity index (χ0n) is 11.0. The minimum absolute atomic E-state index is 0.198. The van der Waals surface area contributed by atoms with Gasteiger partial charge in [-0.15, -0.1) is 0 Å². The minimum Gasteiger partial charge on any atom is -0.392 e. The minimum atomic E-state index is -0.198. The molecule has 1 aromatic rings. The van der Waals surface area contributed by atoms with E-state index >= 15 is 0 Å². The van der Waals surface area contributed by atoms with E-state index in [2.05, 4.69) is 45.9 Å². The Bertz CT molecular complexity index is 306. The Balaban J connectivity index is 2.72. The van der Waals surface area contributed by atoms with Crippen LogP contribution in [0.2, 0.25) is 0 Å². The van der Waals surface area contributed by atoms with Crippen LogP contribution in [0.3, 0.4) is 0 Å². The number of aryl methyl sites for hydroxylation is 2. The summed E-state index contributed by atoms with van der Waals surface area (Å²) >= 11 is 0. The summed E-state index contributed by atoms with van der Waals surface area (Å²) < 4.78 is 0. The van der Waals surface area contributed by atoms with Crippen LogP contribution in [0.4, 0.5) is 0 Å². The second-order valence-electron chi connectivity index (χ2n) is 4.84. The SMILES string of the molecule is CCC(CC)C(O)Cc1cc(C)cc(C)c1. The molecule has 0 heterocycles. The standard InChI is InChI=1S/C15H24O/c1-5-14(6-2)15(16)10-13-8-11(3)7-12(4)9-13/h7-9,14-16H,5-6,10H2,1-4H3. The maximum absolute atomic E-state index is 10.1. The van der Waals surface area contributed by atoms with Crippen molar-refractivity contribution in [2.75, 3.05) is 0 Å².